The number of aromatic nitrogens is 2. The summed E-state index contributed by atoms with van der Waals surface area (Å²) in [7, 11) is 0. The smallest absolute Gasteiger partial charge is 0.254 e. The van der Waals surface area contributed by atoms with Gasteiger partial charge in [-0.1, -0.05) is 0 Å². The van der Waals surface area contributed by atoms with Crippen LogP contribution in [0.1, 0.15) is 32.0 Å². The van der Waals surface area contributed by atoms with Crippen molar-refractivity contribution >= 4 is 0 Å². The number of nitrogens with one attached hydrogen (secondary N) is 1. The van der Waals surface area contributed by atoms with Crippen LogP contribution >= 0.6 is 0 Å². The summed E-state index contributed by atoms with van der Waals surface area (Å²) in [5.74, 6) is 0. The molecular weight excluding hydrogens is 234 g/mol. The van der Waals surface area contributed by atoms with Crippen LogP contribution in [0.3, 0.4) is 0 Å². The molecule has 2 heterocycles. The maximum Gasteiger partial charge on any atom is 0.254 e. The van der Waals surface area contributed by atoms with Gasteiger partial charge in [-0.3, -0.25) is 4.79 Å². The molecule has 1 aromatic heterocycles. The standard InChI is InChI=1S/C12H19N3O3/c1-12(2,3)18-11(17)15-5-4-8-9(6-15)13-7-14-10(8)16/h7,11,17H,4-6H2,1-3H3,(H,13,14,16). The zero-order valence-electron chi connectivity index (χ0n) is 10.9. The van der Waals surface area contributed by atoms with Crippen LogP contribution < -0.4 is 5.56 Å². The van der Waals surface area contributed by atoms with Gasteiger partial charge in [0.05, 0.1) is 17.6 Å². The van der Waals surface area contributed by atoms with E-state index in [1.807, 2.05) is 20.8 Å². The van der Waals surface area contributed by atoms with Gasteiger partial charge < -0.3 is 14.8 Å². The lowest BCUT2D eigenvalue weighted by molar-refractivity contribution is -0.242. The van der Waals surface area contributed by atoms with E-state index in [2.05, 4.69) is 9.97 Å². The van der Waals surface area contributed by atoms with Gasteiger partial charge in [-0.2, -0.15) is 0 Å². The Hall–Kier alpha value is -1.24. The Kier molecular flexibility index (Phi) is 3.52. The van der Waals surface area contributed by atoms with Gasteiger partial charge >= 0.3 is 0 Å². The first kappa shape index (κ1) is 13.2. The number of H-pyrrole nitrogens is 1. The van der Waals surface area contributed by atoms with Gasteiger partial charge in [0.2, 0.25) is 6.41 Å². The molecule has 1 aliphatic heterocycles. The van der Waals surface area contributed by atoms with Crippen molar-refractivity contribution in [2.75, 3.05) is 6.54 Å². The maximum absolute atomic E-state index is 11.6. The number of aliphatic hydroxyl groups is 1. The van der Waals surface area contributed by atoms with E-state index in [-0.39, 0.29) is 5.56 Å². The minimum Gasteiger partial charge on any atom is -0.356 e. The van der Waals surface area contributed by atoms with E-state index < -0.39 is 12.0 Å². The molecule has 6 heteroatoms. The van der Waals surface area contributed by atoms with Crippen LogP contribution in [0.25, 0.3) is 0 Å². The first-order chi connectivity index (χ1) is 8.37. The maximum atomic E-state index is 11.6. The number of hydrogen-bond donors (Lipinski definition) is 2. The predicted octanol–water partition coefficient (Wildman–Crippen LogP) is 0.219. The molecule has 1 atom stereocenters. The summed E-state index contributed by atoms with van der Waals surface area (Å²) in [6.45, 7) is 6.67. The van der Waals surface area contributed by atoms with Crippen LogP contribution in [0, 0.1) is 0 Å². The highest BCUT2D eigenvalue weighted by molar-refractivity contribution is 5.19. The molecule has 0 aromatic carbocycles. The number of hydrogen-bond acceptors (Lipinski definition) is 5. The zero-order chi connectivity index (χ0) is 13.3. The fourth-order valence-corrected chi connectivity index (χ4v) is 1.97. The Balaban J connectivity index is 2.10. The van der Waals surface area contributed by atoms with Crippen LogP contribution in [-0.2, 0) is 17.7 Å². The summed E-state index contributed by atoms with van der Waals surface area (Å²) in [4.78, 5) is 20.0. The Morgan fingerprint density at radius 1 is 1.56 bits per heavy atom. The topological polar surface area (TPSA) is 78.5 Å². The van der Waals surface area contributed by atoms with Gasteiger partial charge in [0.15, 0.2) is 0 Å². The van der Waals surface area contributed by atoms with Crippen molar-refractivity contribution in [3.8, 4) is 0 Å². The van der Waals surface area contributed by atoms with Crippen molar-refractivity contribution in [3.63, 3.8) is 0 Å². The van der Waals surface area contributed by atoms with E-state index >= 15 is 0 Å². The quantitative estimate of drug-likeness (QED) is 0.737. The highest BCUT2D eigenvalue weighted by atomic mass is 16.6. The average Bonchev–Trinajstić information content (AvgIpc) is 2.26. The molecule has 0 spiro atoms. The number of aromatic amines is 1. The Morgan fingerprint density at radius 2 is 2.28 bits per heavy atom. The van der Waals surface area contributed by atoms with Crippen molar-refractivity contribution < 1.29 is 9.84 Å². The first-order valence-corrected chi connectivity index (χ1v) is 6.02. The fourth-order valence-electron chi connectivity index (χ4n) is 1.97. The van der Waals surface area contributed by atoms with E-state index in [4.69, 9.17) is 4.74 Å². The van der Waals surface area contributed by atoms with Gasteiger partial charge in [0, 0.05) is 18.7 Å². The van der Waals surface area contributed by atoms with Crippen LogP contribution in [0.4, 0.5) is 0 Å². The second-order valence-electron chi connectivity index (χ2n) is 5.43. The van der Waals surface area contributed by atoms with Gasteiger partial charge in [0.25, 0.3) is 5.56 Å². The lowest BCUT2D eigenvalue weighted by Crippen LogP contribution is -2.45. The van der Waals surface area contributed by atoms with E-state index in [0.717, 1.165) is 0 Å². The average molecular weight is 253 g/mol. The van der Waals surface area contributed by atoms with Gasteiger partial charge in [-0.05, 0) is 27.2 Å². The monoisotopic (exact) mass is 253 g/mol. The molecule has 2 rings (SSSR count). The minimum atomic E-state index is -0.973. The number of nitrogens with zero attached hydrogens (tertiary/aromatic N) is 2. The highest BCUT2D eigenvalue weighted by Gasteiger charge is 2.27. The molecule has 18 heavy (non-hydrogen) atoms. The molecule has 1 aromatic rings. The third-order valence-electron chi connectivity index (χ3n) is 2.81. The largest absolute Gasteiger partial charge is 0.356 e. The van der Waals surface area contributed by atoms with Crippen LogP contribution in [0.5, 0.6) is 0 Å². The summed E-state index contributed by atoms with van der Waals surface area (Å²) in [6, 6.07) is 0. The molecule has 0 bridgehead atoms. The van der Waals surface area contributed by atoms with Gasteiger partial charge in [-0.25, -0.2) is 9.88 Å². The number of rotatable bonds is 2. The Labute approximate surface area is 106 Å². The van der Waals surface area contributed by atoms with Crippen molar-refractivity contribution in [2.24, 2.45) is 0 Å². The molecule has 100 valence electrons. The predicted molar refractivity (Wildman–Crippen MR) is 65.8 cm³/mol. The van der Waals surface area contributed by atoms with E-state index in [1.165, 1.54) is 6.33 Å². The van der Waals surface area contributed by atoms with Crippen LogP contribution in [-0.4, -0.2) is 38.5 Å². The summed E-state index contributed by atoms with van der Waals surface area (Å²) >= 11 is 0. The van der Waals surface area contributed by atoms with Gasteiger partial charge in [0.1, 0.15) is 0 Å². The lowest BCUT2D eigenvalue weighted by atomic mass is 10.1. The molecule has 0 fully saturated rings. The molecule has 0 aliphatic carbocycles. The summed E-state index contributed by atoms with van der Waals surface area (Å²) < 4.78 is 5.49. The Morgan fingerprint density at radius 3 is 2.94 bits per heavy atom. The summed E-state index contributed by atoms with van der Waals surface area (Å²) in [5.41, 5.74) is 0.908. The molecule has 0 amide bonds. The minimum absolute atomic E-state index is 0.0918. The third-order valence-corrected chi connectivity index (χ3v) is 2.81. The second-order valence-corrected chi connectivity index (χ2v) is 5.43. The summed E-state index contributed by atoms with van der Waals surface area (Å²) in [6.07, 6.45) is 0.990. The molecule has 1 aliphatic rings. The van der Waals surface area contributed by atoms with Crippen molar-refractivity contribution in [2.45, 2.75) is 45.8 Å². The fraction of sp³-hybridized carbons (Fsp3) is 0.667. The highest BCUT2D eigenvalue weighted by Crippen LogP contribution is 2.18. The van der Waals surface area contributed by atoms with Crippen LogP contribution in [0.15, 0.2) is 11.1 Å². The van der Waals surface area contributed by atoms with E-state index in [9.17, 15) is 9.90 Å². The molecule has 0 saturated heterocycles. The van der Waals surface area contributed by atoms with Crippen molar-refractivity contribution in [3.05, 3.63) is 27.9 Å². The molecule has 1 unspecified atom stereocenters. The number of aliphatic hydroxyl groups excluding tert-OH is 1. The molecular formula is C12H19N3O3. The second kappa shape index (κ2) is 4.79. The molecule has 2 N–H and O–H groups in total. The zero-order valence-corrected chi connectivity index (χ0v) is 10.9. The first-order valence-electron chi connectivity index (χ1n) is 6.02. The SMILES string of the molecule is CC(C)(C)OC(O)N1CCc2c(nc[nH]c2=O)C1. The molecule has 6 nitrogen and oxygen atoms in total. The van der Waals surface area contributed by atoms with E-state index in [0.29, 0.717) is 30.8 Å². The molecule has 0 radical (unpaired) electrons. The van der Waals surface area contributed by atoms with Crippen molar-refractivity contribution in [1.29, 1.82) is 0 Å². The van der Waals surface area contributed by atoms with Crippen LogP contribution in [0.2, 0.25) is 0 Å². The molecule has 0 saturated carbocycles. The normalized spacial score (nSPS) is 18.4. The lowest BCUT2D eigenvalue weighted by Gasteiger charge is -2.34. The van der Waals surface area contributed by atoms with Gasteiger partial charge in [-0.15, -0.1) is 0 Å². The van der Waals surface area contributed by atoms with Crippen molar-refractivity contribution in [1.82, 2.24) is 14.9 Å². The van der Waals surface area contributed by atoms with E-state index in [1.54, 1.807) is 4.90 Å². The third kappa shape index (κ3) is 2.95. The Bertz CT molecular complexity index is 478. The number of fused-ring (bicyclic) bond motifs is 1. The number of ether oxygens (including phenoxy) is 1. The summed E-state index contributed by atoms with van der Waals surface area (Å²) in [5, 5.41) is 9.99.